The first kappa shape index (κ1) is 37.6. The van der Waals surface area contributed by atoms with Gasteiger partial charge in [0.25, 0.3) is 11.7 Å². The molecule has 4 aromatic rings. The first-order valence-electron chi connectivity index (χ1n) is 16.9. The highest BCUT2D eigenvalue weighted by molar-refractivity contribution is 6.43. The third kappa shape index (κ3) is 9.90. The number of Topliss-reactive ketones (excluding diaryl/α,β-unsaturated/α-hetero) is 1. The Balaban J connectivity index is 1.71. The van der Waals surface area contributed by atoms with E-state index in [9.17, 15) is 14.4 Å². The van der Waals surface area contributed by atoms with E-state index in [1.54, 1.807) is 24.8 Å². The quantitative estimate of drug-likeness (QED) is 0.0900. The number of pyridine rings is 2. The highest BCUT2D eigenvalue weighted by Gasteiger charge is 2.37. The molecule has 2 aromatic carbocycles. The van der Waals surface area contributed by atoms with Gasteiger partial charge < -0.3 is 24.0 Å². The van der Waals surface area contributed by atoms with E-state index in [2.05, 4.69) is 9.97 Å². The Morgan fingerprint density at radius 1 is 0.720 bits per heavy atom. The van der Waals surface area contributed by atoms with Crippen LogP contribution in [0.25, 0.3) is 0 Å². The van der Waals surface area contributed by atoms with Crippen LogP contribution in [0, 0.1) is 5.92 Å². The molecule has 2 aromatic heterocycles. The molecule has 0 aliphatic heterocycles. The molecule has 264 valence electrons. The molecule has 0 aliphatic carbocycles. The number of likely N-dealkylation sites (N-methyl/N-ethyl adjacent to an activating group) is 1. The van der Waals surface area contributed by atoms with Crippen molar-refractivity contribution in [1.29, 1.82) is 0 Å². The number of methoxy groups -OCH3 is 3. The molecule has 10 nitrogen and oxygen atoms in total. The predicted molar refractivity (Wildman–Crippen MR) is 192 cm³/mol. The van der Waals surface area contributed by atoms with Crippen molar-refractivity contribution in [3.05, 3.63) is 114 Å². The van der Waals surface area contributed by atoms with E-state index < -0.39 is 17.7 Å². The Kier molecular flexibility index (Phi) is 13.9. The summed E-state index contributed by atoms with van der Waals surface area (Å²) in [5.41, 5.74) is 3.30. The third-order valence-corrected chi connectivity index (χ3v) is 8.84. The van der Waals surface area contributed by atoms with E-state index in [1.807, 2.05) is 73.3 Å². The lowest BCUT2D eigenvalue weighted by Gasteiger charge is -2.38. The number of amides is 2. The van der Waals surface area contributed by atoms with Gasteiger partial charge in [-0.1, -0.05) is 44.2 Å². The monoisotopic (exact) mass is 680 g/mol. The second kappa shape index (κ2) is 18.5. The summed E-state index contributed by atoms with van der Waals surface area (Å²) in [6.07, 6.45) is 10.4. The van der Waals surface area contributed by atoms with Gasteiger partial charge in [0.05, 0.1) is 21.3 Å². The fourth-order valence-corrected chi connectivity index (χ4v) is 6.09. The number of nitrogens with zero attached hydrogens (tertiary/aromatic N) is 4. The molecule has 10 heteroatoms. The molecule has 0 saturated carbocycles. The van der Waals surface area contributed by atoms with Gasteiger partial charge in [-0.25, -0.2) is 0 Å². The summed E-state index contributed by atoms with van der Waals surface area (Å²) in [6.45, 7) is 4.37. The molecule has 0 spiro atoms. The van der Waals surface area contributed by atoms with Crippen molar-refractivity contribution in [3.63, 3.8) is 0 Å². The topological polar surface area (TPSA) is 111 Å². The van der Waals surface area contributed by atoms with Crippen LogP contribution in [0.2, 0.25) is 0 Å². The zero-order valence-electron chi connectivity index (χ0n) is 29.9. The Morgan fingerprint density at radius 2 is 1.24 bits per heavy atom. The molecular weight excluding hydrogens is 632 g/mol. The summed E-state index contributed by atoms with van der Waals surface area (Å²) < 4.78 is 16.2. The maximum atomic E-state index is 15.0. The number of aryl methyl sites for hydroxylation is 2. The number of benzene rings is 2. The summed E-state index contributed by atoms with van der Waals surface area (Å²) in [7, 11) is 5.88. The molecule has 2 amide bonds. The summed E-state index contributed by atoms with van der Waals surface area (Å²) in [5.74, 6) is -0.924. The van der Waals surface area contributed by atoms with Crippen molar-refractivity contribution in [2.24, 2.45) is 5.92 Å². The minimum absolute atomic E-state index is 0.0566. The third-order valence-electron chi connectivity index (χ3n) is 8.84. The van der Waals surface area contributed by atoms with Gasteiger partial charge >= 0.3 is 0 Å². The van der Waals surface area contributed by atoms with Crippen LogP contribution in [0.4, 0.5) is 0 Å². The van der Waals surface area contributed by atoms with Gasteiger partial charge in [0.15, 0.2) is 11.5 Å². The number of rotatable bonds is 18. The van der Waals surface area contributed by atoms with Crippen molar-refractivity contribution in [1.82, 2.24) is 19.8 Å². The number of aromatic nitrogens is 2. The van der Waals surface area contributed by atoms with Crippen molar-refractivity contribution in [3.8, 4) is 17.2 Å². The molecule has 2 heterocycles. The molecule has 0 saturated heterocycles. The second-order valence-electron chi connectivity index (χ2n) is 12.7. The van der Waals surface area contributed by atoms with Gasteiger partial charge in [-0.15, -0.1) is 0 Å². The van der Waals surface area contributed by atoms with Gasteiger partial charge in [0.2, 0.25) is 11.7 Å². The maximum absolute atomic E-state index is 15.0. The molecule has 50 heavy (non-hydrogen) atoms. The number of ketones is 1. The Hall–Kier alpha value is -5.25. The van der Waals surface area contributed by atoms with Crippen LogP contribution in [-0.4, -0.2) is 77.8 Å². The number of hydrogen-bond acceptors (Lipinski definition) is 8. The number of carbonyl (C=O) groups excluding carboxylic acids is 3. The lowest BCUT2D eigenvalue weighted by Crippen LogP contribution is -2.54. The Labute approximate surface area is 295 Å². The van der Waals surface area contributed by atoms with E-state index >= 15 is 0 Å². The van der Waals surface area contributed by atoms with Crippen molar-refractivity contribution in [2.45, 2.75) is 64.6 Å². The number of hydrogen-bond donors (Lipinski definition) is 0. The summed E-state index contributed by atoms with van der Waals surface area (Å²) in [5, 5.41) is 0. The van der Waals surface area contributed by atoms with Crippen LogP contribution in [-0.2, 0) is 29.0 Å². The van der Waals surface area contributed by atoms with Crippen molar-refractivity contribution < 1.29 is 28.6 Å². The van der Waals surface area contributed by atoms with E-state index in [-0.39, 0.29) is 34.9 Å². The lowest BCUT2D eigenvalue weighted by atomic mass is 9.95. The fraction of sp³-hybridized carbons (Fsp3) is 0.375. The van der Waals surface area contributed by atoms with Crippen LogP contribution in [0.15, 0.2) is 91.5 Å². The SMILES string of the molecule is COc1cc(C(=O)C(=O)N(C)[C@@H](CC(C)C)C(=O)N(Cc2ccccc2)C(CCc2ccncc2)CCc2ccncc2)cc(OC)c1OC. The molecule has 0 bridgehead atoms. The molecule has 1 atom stereocenters. The number of carbonyl (C=O) groups is 3. The van der Waals surface area contributed by atoms with E-state index in [1.165, 1.54) is 45.4 Å². The zero-order valence-corrected chi connectivity index (χ0v) is 29.9. The van der Waals surface area contributed by atoms with Crippen molar-refractivity contribution >= 4 is 17.6 Å². The van der Waals surface area contributed by atoms with Crippen molar-refractivity contribution in [2.75, 3.05) is 28.4 Å². The largest absolute Gasteiger partial charge is 0.493 e. The van der Waals surface area contributed by atoms with E-state index in [4.69, 9.17) is 14.2 Å². The number of ether oxygens (including phenoxy) is 3. The van der Waals surface area contributed by atoms with Gasteiger partial charge in [0, 0.05) is 50.0 Å². The molecule has 0 aliphatic rings. The minimum Gasteiger partial charge on any atom is -0.493 e. The average molecular weight is 681 g/mol. The van der Waals surface area contributed by atoms with Crippen LogP contribution >= 0.6 is 0 Å². The zero-order chi connectivity index (χ0) is 36.0. The Morgan fingerprint density at radius 3 is 1.70 bits per heavy atom. The lowest BCUT2D eigenvalue weighted by molar-refractivity contribution is -0.145. The summed E-state index contributed by atoms with van der Waals surface area (Å²) >= 11 is 0. The van der Waals surface area contributed by atoms with Gasteiger partial charge in [-0.05, 0) is 91.1 Å². The van der Waals surface area contributed by atoms with E-state index in [0.717, 1.165) is 29.5 Å². The molecule has 0 radical (unpaired) electrons. The van der Waals surface area contributed by atoms with Crippen LogP contribution < -0.4 is 14.2 Å². The highest BCUT2D eigenvalue weighted by Crippen LogP contribution is 2.38. The molecular formula is C40H48N4O6. The predicted octanol–water partition coefficient (Wildman–Crippen LogP) is 6.22. The van der Waals surface area contributed by atoms with E-state index in [0.29, 0.717) is 31.6 Å². The Bertz CT molecular complexity index is 1620. The maximum Gasteiger partial charge on any atom is 0.295 e. The molecule has 0 fully saturated rings. The fourth-order valence-electron chi connectivity index (χ4n) is 6.09. The normalized spacial score (nSPS) is 11.6. The first-order chi connectivity index (χ1) is 24.2. The highest BCUT2D eigenvalue weighted by atomic mass is 16.5. The summed E-state index contributed by atoms with van der Waals surface area (Å²) in [6, 6.07) is 19.7. The average Bonchev–Trinajstić information content (AvgIpc) is 3.15. The standard InChI is InChI=1S/C40H48N4O6/c1-28(2)24-34(43(3)40(47)37(45)32-25-35(48-4)38(50-6)36(26-32)49-5)39(46)44(27-31-10-8-7-9-11-31)33(14-12-29-16-20-41-21-17-29)15-13-30-18-22-42-23-19-30/h7-11,16-23,25-26,28,33-34H,12-15,24,27H2,1-6H3/t34-/m0/s1. The minimum atomic E-state index is -0.887. The summed E-state index contributed by atoms with van der Waals surface area (Å²) in [4.78, 5) is 54.3. The first-order valence-corrected chi connectivity index (χ1v) is 16.9. The van der Waals surface area contributed by atoms with Gasteiger partial charge in [-0.2, -0.15) is 0 Å². The molecule has 0 N–H and O–H groups in total. The van der Waals surface area contributed by atoms with Crippen LogP contribution in [0.1, 0.15) is 60.2 Å². The smallest absolute Gasteiger partial charge is 0.295 e. The molecule has 0 unspecified atom stereocenters. The second-order valence-corrected chi connectivity index (χ2v) is 12.7. The van der Waals surface area contributed by atoms with Gasteiger partial charge in [-0.3, -0.25) is 24.4 Å². The van der Waals surface area contributed by atoms with Gasteiger partial charge in [0.1, 0.15) is 6.04 Å². The van der Waals surface area contributed by atoms with Crippen LogP contribution in [0.3, 0.4) is 0 Å². The van der Waals surface area contributed by atoms with Crippen LogP contribution in [0.5, 0.6) is 17.2 Å². The molecule has 4 rings (SSSR count).